The first-order chi connectivity index (χ1) is 26.5. The minimum atomic E-state index is -4.47. The van der Waals surface area contributed by atoms with Crippen LogP contribution in [0.5, 0.6) is 0 Å². The van der Waals surface area contributed by atoms with E-state index in [2.05, 4.69) is 15.6 Å². The molecule has 2 aromatic carbocycles. The predicted octanol–water partition coefficient (Wildman–Crippen LogP) is 10.7. The maximum Gasteiger partial charge on any atom is 0.416 e. The van der Waals surface area contributed by atoms with Gasteiger partial charge in [0, 0.05) is 33.5 Å². The number of amides is 2. The largest absolute Gasteiger partial charge is 0.416 e. The number of hydrogen-bond acceptors (Lipinski definition) is 8. The third-order valence-electron chi connectivity index (χ3n) is 10.1. The molecule has 0 bridgehead atoms. The number of carbonyl (C=O) groups is 2. The monoisotopic (exact) mass is 810 g/mol. The van der Waals surface area contributed by atoms with Crippen molar-refractivity contribution in [3.8, 4) is 0 Å². The zero-order valence-corrected chi connectivity index (χ0v) is 31.9. The molecule has 4 heterocycles. The van der Waals surface area contributed by atoms with E-state index in [4.69, 9.17) is 16.5 Å². The van der Waals surface area contributed by atoms with E-state index in [1.54, 1.807) is 0 Å². The highest BCUT2D eigenvalue weighted by Gasteiger charge is 2.32. The summed E-state index contributed by atoms with van der Waals surface area (Å²) < 4.78 is 77.3. The number of carbonyl (C=O) groups excluding carboxylic acids is 2. The molecule has 8 rings (SSSR count). The molecule has 0 unspecified atom stereocenters. The van der Waals surface area contributed by atoms with E-state index in [-0.39, 0.29) is 21.1 Å². The Bertz CT molecular complexity index is 2520. The Kier molecular flexibility index (Phi) is 10.5. The van der Waals surface area contributed by atoms with Crippen LogP contribution in [0, 0.1) is 13.8 Å². The van der Waals surface area contributed by atoms with Crippen LogP contribution in [0.2, 0.25) is 0 Å². The number of alkyl halides is 6. The van der Waals surface area contributed by atoms with Gasteiger partial charge in [-0.05, 0) is 124 Å². The number of fused-ring (bicyclic) bond motifs is 5. The third kappa shape index (κ3) is 7.63. The standard InChI is InChI=1S/2C20H18F3N3OS/c1-10-13-7-2-3-8-14(13)15-16(24)17(28-19(15)25-10)18(27)26-12-6-4-5-11(9-12)20(21,22)23;1-10-13-7-2-3-8-14(13)26-19-15(10)16(24)17(28-19)18(27)25-12-6-4-5-11(9-12)20(21,22)23/h4-6,9H,2-3,7-8,24H2,1H3,(H,26,27);4-6,9H,2-3,7-8,24H2,1H3,(H,25,27). The minimum Gasteiger partial charge on any atom is -0.397 e. The summed E-state index contributed by atoms with van der Waals surface area (Å²) in [5.74, 6) is -1.06. The highest BCUT2D eigenvalue weighted by Crippen LogP contribution is 2.41. The lowest BCUT2D eigenvalue weighted by molar-refractivity contribution is -0.138. The number of rotatable bonds is 4. The van der Waals surface area contributed by atoms with E-state index >= 15 is 0 Å². The van der Waals surface area contributed by atoms with Gasteiger partial charge in [-0.3, -0.25) is 9.59 Å². The Hall–Kier alpha value is -5.22. The van der Waals surface area contributed by atoms with E-state index in [1.807, 2.05) is 13.8 Å². The molecule has 4 aromatic heterocycles. The molecule has 6 aromatic rings. The lowest BCUT2D eigenvalue weighted by Gasteiger charge is -2.18. The molecule has 6 N–H and O–H groups in total. The SMILES string of the molecule is Cc1c2c(nc3sc(C(=O)Nc4cccc(C(F)(F)F)c4)c(N)c13)CCCC2.Cc1nc2sc(C(=O)Nc3cccc(C(F)(F)F)c3)c(N)c2c2c1CCCC2. The maximum absolute atomic E-state index is 12.9. The van der Waals surface area contributed by atoms with Gasteiger partial charge in [0.15, 0.2) is 0 Å². The Morgan fingerprint density at radius 1 is 0.643 bits per heavy atom. The number of halogens is 6. The van der Waals surface area contributed by atoms with Gasteiger partial charge in [0.2, 0.25) is 0 Å². The van der Waals surface area contributed by atoms with Crippen LogP contribution in [-0.2, 0) is 38.0 Å². The van der Waals surface area contributed by atoms with E-state index in [9.17, 15) is 35.9 Å². The molecule has 0 saturated carbocycles. The zero-order valence-electron chi connectivity index (χ0n) is 30.2. The van der Waals surface area contributed by atoms with Crippen molar-refractivity contribution in [2.45, 2.75) is 77.6 Å². The van der Waals surface area contributed by atoms with Crippen molar-refractivity contribution in [1.82, 2.24) is 9.97 Å². The van der Waals surface area contributed by atoms with Gasteiger partial charge in [-0.2, -0.15) is 26.3 Å². The smallest absolute Gasteiger partial charge is 0.397 e. The highest BCUT2D eigenvalue weighted by atomic mass is 32.1. The average Bonchev–Trinajstić information content (AvgIpc) is 3.67. The average molecular weight is 811 g/mol. The normalized spacial score (nSPS) is 14.1. The lowest BCUT2D eigenvalue weighted by Crippen LogP contribution is -2.13. The van der Waals surface area contributed by atoms with Crippen LogP contribution in [0.1, 0.15) is 89.8 Å². The lowest BCUT2D eigenvalue weighted by atomic mass is 9.89. The first-order valence-corrected chi connectivity index (χ1v) is 19.5. The molecule has 0 saturated heterocycles. The summed E-state index contributed by atoms with van der Waals surface area (Å²) in [6.07, 6.45) is -0.880. The molecule has 56 heavy (non-hydrogen) atoms. The van der Waals surface area contributed by atoms with Crippen molar-refractivity contribution >= 4 is 77.7 Å². The molecule has 0 aliphatic heterocycles. The van der Waals surface area contributed by atoms with Gasteiger partial charge in [0.1, 0.15) is 19.4 Å². The zero-order chi connectivity index (χ0) is 40.1. The van der Waals surface area contributed by atoms with Crippen molar-refractivity contribution in [3.63, 3.8) is 0 Å². The maximum atomic E-state index is 12.9. The summed E-state index contributed by atoms with van der Waals surface area (Å²) >= 11 is 2.36. The van der Waals surface area contributed by atoms with E-state index in [0.717, 1.165) is 109 Å². The van der Waals surface area contributed by atoms with Gasteiger partial charge in [-0.1, -0.05) is 12.1 Å². The van der Waals surface area contributed by atoms with Crippen molar-refractivity contribution in [3.05, 3.63) is 103 Å². The fourth-order valence-corrected chi connectivity index (χ4v) is 9.56. The molecule has 2 amide bonds. The van der Waals surface area contributed by atoms with Crippen LogP contribution in [0.25, 0.3) is 20.4 Å². The Balaban J connectivity index is 0.000000172. The van der Waals surface area contributed by atoms with E-state index < -0.39 is 35.3 Å². The van der Waals surface area contributed by atoms with E-state index in [0.29, 0.717) is 21.0 Å². The number of aryl methyl sites for hydroxylation is 4. The second kappa shape index (κ2) is 15.0. The third-order valence-corrected chi connectivity index (χ3v) is 12.3. The summed E-state index contributed by atoms with van der Waals surface area (Å²) in [7, 11) is 0. The van der Waals surface area contributed by atoms with E-state index in [1.165, 1.54) is 58.1 Å². The first kappa shape index (κ1) is 39.0. The number of pyridine rings is 2. The molecule has 0 fully saturated rings. The Morgan fingerprint density at radius 3 is 1.64 bits per heavy atom. The molecule has 0 spiro atoms. The summed E-state index contributed by atoms with van der Waals surface area (Å²) in [6.45, 7) is 3.95. The van der Waals surface area contributed by atoms with Gasteiger partial charge in [-0.25, -0.2) is 9.97 Å². The molecule has 2 aliphatic carbocycles. The highest BCUT2D eigenvalue weighted by molar-refractivity contribution is 7.21. The fourth-order valence-electron chi connectivity index (χ4n) is 7.42. The number of hydrogen-bond donors (Lipinski definition) is 4. The summed E-state index contributed by atoms with van der Waals surface area (Å²) in [4.78, 5) is 36.7. The van der Waals surface area contributed by atoms with Crippen LogP contribution in [0.15, 0.2) is 48.5 Å². The summed E-state index contributed by atoms with van der Waals surface area (Å²) in [5, 5.41) is 6.65. The number of thiophene rings is 2. The van der Waals surface area contributed by atoms with Gasteiger partial charge in [0.25, 0.3) is 11.8 Å². The molecule has 2 aliphatic rings. The fraction of sp³-hybridized carbons (Fsp3) is 0.300. The van der Waals surface area contributed by atoms with Crippen molar-refractivity contribution in [2.75, 3.05) is 22.1 Å². The molecular weight excluding hydrogens is 775 g/mol. The van der Waals surface area contributed by atoms with Crippen molar-refractivity contribution < 1.29 is 35.9 Å². The predicted molar refractivity (Wildman–Crippen MR) is 210 cm³/mol. The summed E-state index contributed by atoms with van der Waals surface area (Å²) in [5.41, 5.74) is 18.4. The van der Waals surface area contributed by atoms with Crippen LogP contribution in [0.3, 0.4) is 0 Å². The second-order valence-corrected chi connectivity index (χ2v) is 15.8. The van der Waals surface area contributed by atoms with Gasteiger partial charge in [-0.15, -0.1) is 22.7 Å². The number of nitrogen functional groups attached to an aromatic ring is 2. The Morgan fingerprint density at radius 2 is 1.11 bits per heavy atom. The molecule has 8 nitrogen and oxygen atoms in total. The quantitative estimate of drug-likeness (QED) is 0.131. The molecule has 0 atom stereocenters. The minimum absolute atomic E-state index is 0.0701. The number of nitrogens with zero attached hydrogens (tertiary/aromatic N) is 2. The van der Waals surface area contributed by atoms with Crippen LogP contribution >= 0.6 is 22.7 Å². The van der Waals surface area contributed by atoms with Gasteiger partial charge >= 0.3 is 12.4 Å². The Labute approximate surface area is 325 Å². The second-order valence-electron chi connectivity index (χ2n) is 13.8. The van der Waals surface area contributed by atoms with Crippen LogP contribution < -0.4 is 22.1 Å². The van der Waals surface area contributed by atoms with Crippen LogP contribution in [-0.4, -0.2) is 21.8 Å². The van der Waals surface area contributed by atoms with Gasteiger partial charge in [0.05, 0.1) is 22.5 Å². The van der Waals surface area contributed by atoms with Crippen molar-refractivity contribution in [2.24, 2.45) is 0 Å². The molecule has 16 heteroatoms. The number of nitrogens with one attached hydrogen (secondary N) is 2. The number of benzene rings is 2. The number of anilines is 4. The van der Waals surface area contributed by atoms with Crippen molar-refractivity contribution in [1.29, 1.82) is 0 Å². The molecule has 292 valence electrons. The number of nitrogens with two attached hydrogens (primary N) is 2. The van der Waals surface area contributed by atoms with Crippen LogP contribution in [0.4, 0.5) is 49.1 Å². The van der Waals surface area contributed by atoms with Gasteiger partial charge < -0.3 is 22.1 Å². The molecule has 0 radical (unpaired) electrons. The number of aromatic nitrogens is 2. The summed E-state index contributed by atoms with van der Waals surface area (Å²) in [6, 6.07) is 9.08. The topological polar surface area (TPSA) is 136 Å². The first-order valence-electron chi connectivity index (χ1n) is 17.9. The molecular formula is C40H36F6N6O2S2.